The van der Waals surface area contributed by atoms with Crippen LogP contribution in [0.4, 0.5) is 0 Å². The van der Waals surface area contributed by atoms with E-state index in [0.29, 0.717) is 5.56 Å². The number of nitrogens with zero attached hydrogens (tertiary/aromatic N) is 2. The van der Waals surface area contributed by atoms with Gasteiger partial charge in [-0.25, -0.2) is 0 Å². The Morgan fingerprint density at radius 3 is 2.93 bits per heavy atom. The van der Waals surface area contributed by atoms with Gasteiger partial charge in [-0.3, -0.25) is 0 Å². The molecule has 0 unspecified atom stereocenters. The van der Waals surface area contributed by atoms with Gasteiger partial charge in [-0.1, -0.05) is 28.1 Å². The molecule has 4 heteroatoms. The van der Waals surface area contributed by atoms with Gasteiger partial charge in [0.05, 0.1) is 5.56 Å². The fourth-order valence-corrected chi connectivity index (χ4v) is 2.39. The van der Waals surface area contributed by atoms with E-state index in [4.69, 9.17) is 5.26 Å². The first-order valence-corrected chi connectivity index (χ1v) is 5.91. The Bertz CT molecular complexity index is 540. The maximum Gasteiger partial charge on any atom is 0.103 e. The Morgan fingerprint density at radius 1 is 1.47 bits per heavy atom. The van der Waals surface area contributed by atoms with E-state index in [9.17, 15) is 0 Å². The molecule has 0 radical (unpaired) electrons. The minimum atomic E-state index is 0.679. The molecule has 0 N–H and O–H groups in total. The van der Waals surface area contributed by atoms with E-state index >= 15 is 0 Å². The van der Waals surface area contributed by atoms with Crippen molar-refractivity contribution in [3.63, 3.8) is 0 Å². The highest BCUT2D eigenvalue weighted by Crippen LogP contribution is 2.28. The Labute approximate surface area is 100 Å². The lowest BCUT2D eigenvalue weighted by molar-refractivity contribution is 1.43. The molecule has 15 heavy (non-hydrogen) atoms. The van der Waals surface area contributed by atoms with E-state index in [2.05, 4.69) is 26.4 Å². The molecule has 0 fully saturated rings. The number of halogens is 1. The van der Waals surface area contributed by atoms with Crippen LogP contribution in [-0.4, -0.2) is 4.37 Å². The van der Waals surface area contributed by atoms with E-state index in [0.717, 1.165) is 20.6 Å². The predicted octanol–water partition coefficient (Wildman–Crippen LogP) is 3.75. The summed E-state index contributed by atoms with van der Waals surface area (Å²) in [5, 5.41) is 9.02. The largest absolute Gasteiger partial charge is 0.192 e. The van der Waals surface area contributed by atoms with Crippen LogP contribution in [0.2, 0.25) is 0 Å². The summed E-state index contributed by atoms with van der Waals surface area (Å²) < 4.78 is 5.29. The van der Waals surface area contributed by atoms with Crippen LogP contribution in [-0.2, 0) is 0 Å². The molecule has 0 aliphatic rings. The van der Waals surface area contributed by atoms with Crippen molar-refractivity contribution in [2.24, 2.45) is 0 Å². The smallest absolute Gasteiger partial charge is 0.103 e. The molecule has 0 saturated heterocycles. The summed E-state index contributed by atoms with van der Waals surface area (Å²) in [5.74, 6) is 0. The second-order valence-corrected chi connectivity index (χ2v) is 4.98. The van der Waals surface area contributed by atoms with Crippen molar-refractivity contribution in [3.8, 4) is 17.3 Å². The van der Waals surface area contributed by atoms with E-state index in [1.165, 1.54) is 11.5 Å². The highest BCUT2D eigenvalue weighted by atomic mass is 79.9. The van der Waals surface area contributed by atoms with Crippen LogP contribution in [0.5, 0.6) is 0 Å². The number of hydrogen-bond donors (Lipinski definition) is 0. The summed E-state index contributed by atoms with van der Waals surface area (Å²) in [5.41, 5.74) is 2.43. The molecule has 0 spiro atoms. The molecular formula is C11H7BrN2S. The zero-order chi connectivity index (χ0) is 10.8. The molecule has 0 atom stereocenters. The number of aromatic nitrogens is 1. The van der Waals surface area contributed by atoms with Crippen LogP contribution in [0.1, 0.15) is 10.4 Å². The molecule has 0 bridgehead atoms. The molecule has 1 heterocycles. The van der Waals surface area contributed by atoms with Crippen molar-refractivity contribution in [3.05, 3.63) is 39.2 Å². The van der Waals surface area contributed by atoms with Gasteiger partial charge in [0.25, 0.3) is 0 Å². The third-order valence-electron chi connectivity index (χ3n) is 2.07. The average molecular weight is 279 g/mol. The van der Waals surface area contributed by atoms with E-state index < -0.39 is 0 Å². The minimum Gasteiger partial charge on any atom is -0.192 e. The van der Waals surface area contributed by atoms with Crippen molar-refractivity contribution >= 4 is 27.5 Å². The molecular weight excluding hydrogens is 272 g/mol. The SMILES string of the molecule is Cc1snc(-c2cccc(Br)c2)c1C#N. The average Bonchev–Trinajstić information content (AvgIpc) is 2.59. The minimum absolute atomic E-state index is 0.679. The first-order valence-electron chi connectivity index (χ1n) is 4.34. The molecule has 0 amide bonds. The van der Waals surface area contributed by atoms with Crippen molar-refractivity contribution in [2.75, 3.05) is 0 Å². The van der Waals surface area contributed by atoms with Gasteiger partial charge >= 0.3 is 0 Å². The van der Waals surface area contributed by atoms with Gasteiger partial charge in [0.2, 0.25) is 0 Å². The Hall–Kier alpha value is -1.18. The van der Waals surface area contributed by atoms with Crippen molar-refractivity contribution in [2.45, 2.75) is 6.92 Å². The van der Waals surface area contributed by atoms with E-state index in [-0.39, 0.29) is 0 Å². The third-order valence-corrected chi connectivity index (χ3v) is 3.32. The van der Waals surface area contributed by atoms with Gasteiger partial charge in [0, 0.05) is 14.9 Å². The number of aryl methyl sites for hydroxylation is 1. The standard InChI is InChI=1S/C11H7BrN2S/c1-7-10(6-13)11(14-15-7)8-3-2-4-9(12)5-8/h2-5H,1H3. The van der Waals surface area contributed by atoms with Crippen LogP contribution < -0.4 is 0 Å². The lowest BCUT2D eigenvalue weighted by Gasteiger charge is -1.98. The van der Waals surface area contributed by atoms with Crippen LogP contribution in [0.25, 0.3) is 11.3 Å². The van der Waals surface area contributed by atoms with Crippen molar-refractivity contribution in [1.82, 2.24) is 4.37 Å². The molecule has 1 aromatic heterocycles. The quantitative estimate of drug-likeness (QED) is 0.797. The fraction of sp³-hybridized carbons (Fsp3) is 0.0909. The maximum absolute atomic E-state index is 9.02. The number of benzene rings is 1. The van der Waals surface area contributed by atoms with E-state index in [1.54, 1.807) is 0 Å². The van der Waals surface area contributed by atoms with Gasteiger partial charge in [-0.2, -0.15) is 9.64 Å². The van der Waals surface area contributed by atoms with Gasteiger partial charge in [-0.15, -0.1) is 0 Å². The zero-order valence-corrected chi connectivity index (χ0v) is 10.4. The molecule has 2 aromatic rings. The van der Waals surface area contributed by atoms with Gasteiger partial charge in [0.1, 0.15) is 11.8 Å². The molecule has 0 saturated carbocycles. The second-order valence-electron chi connectivity index (χ2n) is 3.08. The zero-order valence-electron chi connectivity index (χ0n) is 7.99. The number of nitriles is 1. The normalized spacial score (nSPS) is 9.93. The Kier molecular flexibility index (Phi) is 2.85. The molecule has 2 rings (SSSR count). The Balaban J connectivity index is 2.60. The van der Waals surface area contributed by atoms with Crippen LogP contribution in [0.15, 0.2) is 28.7 Å². The van der Waals surface area contributed by atoms with Gasteiger partial charge in [0.15, 0.2) is 0 Å². The molecule has 0 aliphatic heterocycles. The summed E-state index contributed by atoms with van der Waals surface area (Å²) in [6, 6.07) is 10.0. The topological polar surface area (TPSA) is 36.7 Å². The summed E-state index contributed by atoms with van der Waals surface area (Å²) in [4.78, 5) is 0.965. The molecule has 0 aliphatic carbocycles. The predicted molar refractivity (Wildman–Crippen MR) is 64.7 cm³/mol. The lowest BCUT2D eigenvalue weighted by atomic mass is 10.1. The number of rotatable bonds is 1. The number of hydrogen-bond acceptors (Lipinski definition) is 3. The Morgan fingerprint density at radius 2 is 2.27 bits per heavy atom. The second kappa shape index (κ2) is 4.13. The summed E-state index contributed by atoms with van der Waals surface area (Å²) in [7, 11) is 0. The highest BCUT2D eigenvalue weighted by molar-refractivity contribution is 9.10. The molecule has 1 aromatic carbocycles. The van der Waals surface area contributed by atoms with Crippen molar-refractivity contribution < 1.29 is 0 Å². The lowest BCUT2D eigenvalue weighted by Crippen LogP contribution is -1.82. The molecule has 2 nitrogen and oxygen atoms in total. The summed E-state index contributed by atoms with van der Waals surface area (Å²) in [6.45, 7) is 1.91. The summed E-state index contributed by atoms with van der Waals surface area (Å²) in [6.07, 6.45) is 0. The first kappa shape index (κ1) is 10.3. The van der Waals surface area contributed by atoms with Crippen molar-refractivity contribution in [1.29, 1.82) is 5.26 Å². The van der Waals surface area contributed by atoms with Crippen LogP contribution >= 0.6 is 27.5 Å². The van der Waals surface area contributed by atoms with Crippen LogP contribution in [0.3, 0.4) is 0 Å². The van der Waals surface area contributed by atoms with Crippen LogP contribution in [0, 0.1) is 18.3 Å². The van der Waals surface area contributed by atoms with E-state index in [1.807, 2.05) is 31.2 Å². The monoisotopic (exact) mass is 278 g/mol. The summed E-state index contributed by atoms with van der Waals surface area (Å²) >= 11 is 4.77. The van der Waals surface area contributed by atoms with Gasteiger partial charge < -0.3 is 0 Å². The first-order chi connectivity index (χ1) is 7.22. The molecule has 74 valence electrons. The third kappa shape index (κ3) is 1.94. The fourth-order valence-electron chi connectivity index (χ4n) is 1.34. The van der Waals surface area contributed by atoms with Gasteiger partial charge in [-0.05, 0) is 30.6 Å². The highest BCUT2D eigenvalue weighted by Gasteiger charge is 2.11. The maximum atomic E-state index is 9.02.